The molecule has 0 aliphatic rings. The Morgan fingerprint density at radius 3 is 2.42 bits per heavy atom. The molecule has 3 heteroatoms. The molecule has 3 nitrogen and oxygen atoms in total. The minimum absolute atomic E-state index is 0.608. The van der Waals surface area contributed by atoms with E-state index in [0.717, 1.165) is 11.1 Å². The van der Waals surface area contributed by atoms with Gasteiger partial charge in [-0.2, -0.15) is 0 Å². The van der Waals surface area contributed by atoms with Crippen molar-refractivity contribution in [2.45, 2.75) is 20.0 Å². The summed E-state index contributed by atoms with van der Waals surface area (Å²) in [5, 5.41) is 9.32. The largest absolute Gasteiger partial charge is 0.478 e. The average molecular weight is 256 g/mol. The van der Waals surface area contributed by atoms with Crippen LogP contribution in [0, 0.1) is 13.8 Å². The first-order chi connectivity index (χ1) is 9.08. The summed E-state index contributed by atoms with van der Waals surface area (Å²) >= 11 is 0. The van der Waals surface area contributed by atoms with Crippen LogP contribution < -0.4 is 4.74 Å². The molecule has 0 radical (unpaired) electrons. The van der Waals surface area contributed by atoms with Gasteiger partial charge in [0.15, 0.2) is 0 Å². The van der Waals surface area contributed by atoms with E-state index < -0.39 is 12.1 Å². The molecule has 2 aromatic carbocycles. The fraction of sp³-hybridized carbons (Fsp3) is 0.188. The zero-order valence-corrected chi connectivity index (χ0v) is 11.0. The third-order valence-electron chi connectivity index (χ3n) is 2.92. The van der Waals surface area contributed by atoms with Crippen LogP contribution in [0.5, 0.6) is 5.75 Å². The van der Waals surface area contributed by atoms with Crippen LogP contribution in [0.2, 0.25) is 0 Å². The van der Waals surface area contributed by atoms with Crippen LogP contribution in [0.15, 0.2) is 48.5 Å². The van der Waals surface area contributed by atoms with Crippen LogP contribution >= 0.6 is 0 Å². The van der Waals surface area contributed by atoms with Gasteiger partial charge in [0.1, 0.15) is 5.75 Å². The van der Waals surface area contributed by atoms with Gasteiger partial charge in [-0.3, -0.25) is 0 Å². The van der Waals surface area contributed by atoms with E-state index in [9.17, 15) is 9.90 Å². The lowest BCUT2D eigenvalue weighted by molar-refractivity contribution is -0.145. The highest BCUT2D eigenvalue weighted by molar-refractivity contribution is 5.74. The van der Waals surface area contributed by atoms with Crippen molar-refractivity contribution in [3.8, 4) is 5.75 Å². The summed E-state index contributed by atoms with van der Waals surface area (Å²) < 4.78 is 5.67. The van der Waals surface area contributed by atoms with Gasteiger partial charge in [0.25, 0.3) is 0 Å². The first kappa shape index (κ1) is 13.1. The zero-order valence-electron chi connectivity index (χ0n) is 11.0. The normalized spacial score (nSPS) is 11.9. The highest BCUT2D eigenvalue weighted by atomic mass is 16.5. The first-order valence-corrected chi connectivity index (χ1v) is 6.09. The number of hydrogen-bond donors (Lipinski definition) is 1. The topological polar surface area (TPSA) is 46.5 Å². The number of aryl methyl sites for hydroxylation is 2. The third kappa shape index (κ3) is 3.13. The molecule has 0 fully saturated rings. The Morgan fingerprint density at radius 1 is 1.11 bits per heavy atom. The summed E-state index contributed by atoms with van der Waals surface area (Å²) in [6, 6.07) is 14.7. The molecule has 98 valence electrons. The van der Waals surface area contributed by atoms with Gasteiger partial charge in [-0.15, -0.1) is 0 Å². The Bertz CT molecular complexity index is 576. The molecular weight excluding hydrogens is 240 g/mol. The number of carbonyl (C=O) groups is 1. The van der Waals surface area contributed by atoms with E-state index in [4.69, 9.17) is 4.74 Å². The fourth-order valence-electron chi connectivity index (χ4n) is 1.85. The average Bonchev–Trinajstić information content (AvgIpc) is 2.40. The van der Waals surface area contributed by atoms with Crippen molar-refractivity contribution in [1.29, 1.82) is 0 Å². The standard InChI is InChI=1S/C16H16O3/c1-11-8-9-12(2)14(10-11)19-15(16(17)18)13-6-4-3-5-7-13/h3-10,15H,1-2H3,(H,17,18). The van der Waals surface area contributed by atoms with E-state index in [0.29, 0.717) is 11.3 Å². The number of benzene rings is 2. The number of carboxylic acid groups (broad SMARTS) is 1. The SMILES string of the molecule is Cc1ccc(C)c(OC(C(=O)O)c2ccccc2)c1. The van der Waals surface area contributed by atoms with Gasteiger partial charge < -0.3 is 9.84 Å². The van der Waals surface area contributed by atoms with Crippen molar-refractivity contribution in [2.24, 2.45) is 0 Å². The van der Waals surface area contributed by atoms with Gasteiger partial charge >= 0.3 is 5.97 Å². The van der Waals surface area contributed by atoms with E-state index >= 15 is 0 Å². The second-order valence-corrected chi connectivity index (χ2v) is 4.52. The highest BCUT2D eigenvalue weighted by Gasteiger charge is 2.22. The Kier molecular flexibility index (Phi) is 3.85. The molecule has 0 aliphatic heterocycles. The van der Waals surface area contributed by atoms with Gasteiger partial charge in [0.2, 0.25) is 6.10 Å². The minimum Gasteiger partial charge on any atom is -0.478 e. The first-order valence-electron chi connectivity index (χ1n) is 6.09. The molecule has 19 heavy (non-hydrogen) atoms. The van der Waals surface area contributed by atoms with Crippen molar-refractivity contribution in [3.05, 3.63) is 65.2 Å². The second kappa shape index (κ2) is 5.57. The van der Waals surface area contributed by atoms with Gasteiger partial charge in [0, 0.05) is 5.56 Å². The molecular formula is C16H16O3. The Morgan fingerprint density at radius 2 is 1.79 bits per heavy atom. The summed E-state index contributed by atoms with van der Waals surface area (Å²) in [7, 11) is 0. The summed E-state index contributed by atoms with van der Waals surface area (Å²) in [4.78, 5) is 11.4. The molecule has 0 aliphatic carbocycles. The van der Waals surface area contributed by atoms with Crippen LogP contribution in [0.25, 0.3) is 0 Å². The molecule has 0 heterocycles. The molecule has 1 unspecified atom stereocenters. The smallest absolute Gasteiger partial charge is 0.349 e. The Labute approximate surface area is 112 Å². The quantitative estimate of drug-likeness (QED) is 0.910. The van der Waals surface area contributed by atoms with Crippen LogP contribution in [-0.2, 0) is 4.79 Å². The molecule has 2 aromatic rings. The van der Waals surface area contributed by atoms with E-state index in [1.165, 1.54) is 0 Å². The molecule has 1 atom stereocenters. The molecule has 0 saturated heterocycles. The van der Waals surface area contributed by atoms with Gasteiger partial charge in [0.05, 0.1) is 0 Å². The lowest BCUT2D eigenvalue weighted by Gasteiger charge is -2.17. The zero-order chi connectivity index (χ0) is 13.8. The van der Waals surface area contributed by atoms with Crippen LogP contribution in [-0.4, -0.2) is 11.1 Å². The van der Waals surface area contributed by atoms with Crippen LogP contribution in [0.1, 0.15) is 22.8 Å². The lowest BCUT2D eigenvalue weighted by Crippen LogP contribution is -2.18. The monoisotopic (exact) mass is 256 g/mol. The minimum atomic E-state index is -0.993. The maximum Gasteiger partial charge on any atom is 0.349 e. The number of aliphatic carboxylic acids is 1. The number of ether oxygens (including phenoxy) is 1. The van der Waals surface area contributed by atoms with Crippen molar-refractivity contribution in [2.75, 3.05) is 0 Å². The molecule has 0 bridgehead atoms. The predicted molar refractivity (Wildman–Crippen MR) is 73.4 cm³/mol. The maximum atomic E-state index is 11.4. The summed E-state index contributed by atoms with van der Waals surface area (Å²) in [6.07, 6.45) is -0.985. The summed E-state index contributed by atoms with van der Waals surface area (Å²) in [5.74, 6) is -0.386. The third-order valence-corrected chi connectivity index (χ3v) is 2.92. The van der Waals surface area contributed by atoms with E-state index in [-0.39, 0.29) is 0 Å². The fourth-order valence-corrected chi connectivity index (χ4v) is 1.85. The number of hydrogen-bond acceptors (Lipinski definition) is 2. The van der Waals surface area contributed by atoms with E-state index in [1.54, 1.807) is 24.3 Å². The predicted octanol–water partition coefficient (Wildman–Crippen LogP) is 3.51. The summed E-state index contributed by atoms with van der Waals surface area (Å²) in [6.45, 7) is 3.85. The van der Waals surface area contributed by atoms with Gasteiger partial charge in [-0.25, -0.2) is 4.79 Å². The molecule has 0 amide bonds. The number of rotatable bonds is 4. The Hall–Kier alpha value is -2.29. The van der Waals surface area contributed by atoms with Crippen LogP contribution in [0.4, 0.5) is 0 Å². The van der Waals surface area contributed by atoms with Crippen molar-refractivity contribution in [3.63, 3.8) is 0 Å². The van der Waals surface area contributed by atoms with Crippen molar-refractivity contribution in [1.82, 2.24) is 0 Å². The Balaban J connectivity index is 2.32. The maximum absolute atomic E-state index is 11.4. The molecule has 0 aromatic heterocycles. The van der Waals surface area contributed by atoms with Crippen LogP contribution in [0.3, 0.4) is 0 Å². The highest BCUT2D eigenvalue weighted by Crippen LogP contribution is 2.26. The molecule has 0 saturated carbocycles. The molecule has 0 spiro atoms. The second-order valence-electron chi connectivity index (χ2n) is 4.52. The van der Waals surface area contributed by atoms with E-state index in [1.807, 2.05) is 38.1 Å². The van der Waals surface area contributed by atoms with Crippen molar-refractivity contribution < 1.29 is 14.6 Å². The van der Waals surface area contributed by atoms with Crippen molar-refractivity contribution >= 4 is 5.97 Å². The van der Waals surface area contributed by atoms with Gasteiger partial charge in [-0.1, -0.05) is 42.5 Å². The lowest BCUT2D eigenvalue weighted by atomic mass is 10.1. The summed E-state index contributed by atoms with van der Waals surface area (Å²) in [5.41, 5.74) is 2.60. The number of carboxylic acids is 1. The van der Waals surface area contributed by atoms with Gasteiger partial charge in [-0.05, 0) is 31.0 Å². The molecule has 1 N–H and O–H groups in total. The molecule has 2 rings (SSSR count). The van der Waals surface area contributed by atoms with E-state index in [2.05, 4.69) is 0 Å².